The number of hydrogen-bond donors (Lipinski definition) is 1. The zero-order valence-corrected chi connectivity index (χ0v) is 12.3. The zero-order chi connectivity index (χ0) is 15.3. The van der Waals surface area contributed by atoms with Gasteiger partial charge >= 0.3 is 5.97 Å². The molecule has 0 fully saturated rings. The van der Waals surface area contributed by atoms with Gasteiger partial charge in [0.2, 0.25) is 0 Å². The molecule has 0 aromatic carbocycles. The lowest BCUT2D eigenvalue weighted by Crippen LogP contribution is -2.39. The number of amides is 1. The Morgan fingerprint density at radius 1 is 1.30 bits per heavy atom. The van der Waals surface area contributed by atoms with Crippen molar-refractivity contribution in [3.63, 3.8) is 0 Å². The fourth-order valence-corrected chi connectivity index (χ4v) is 1.97. The van der Waals surface area contributed by atoms with Crippen LogP contribution in [-0.4, -0.2) is 41.5 Å². The standard InChI is InChI=1S/C14H20N2O4/c1-5-16(8-11(17)20-6-2)14(19)12-9(3)7-10(4)15-13(12)18/h7H,5-6,8H2,1-4H3,(H,15,18). The highest BCUT2D eigenvalue weighted by Gasteiger charge is 2.22. The molecule has 1 heterocycles. The summed E-state index contributed by atoms with van der Waals surface area (Å²) < 4.78 is 4.82. The van der Waals surface area contributed by atoms with Crippen LogP contribution in [0, 0.1) is 13.8 Å². The van der Waals surface area contributed by atoms with Crippen molar-refractivity contribution in [2.75, 3.05) is 19.7 Å². The van der Waals surface area contributed by atoms with Gasteiger partial charge < -0.3 is 14.6 Å². The number of ether oxygens (including phenoxy) is 1. The number of nitrogens with zero attached hydrogens (tertiary/aromatic N) is 1. The second-order valence-corrected chi connectivity index (χ2v) is 4.46. The predicted octanol–water partition coefficient (Wildman–Crippen LogP) is 1.02. The van der Waals surface area contributed by atoms with E-state index in [1.807, 2.05) is 0 Å². The fourth-order valence-electron chi connectivity index (χ4n) is 1.97. The lowest BCUT2D eigenvalue weighted by molar-refractivity contribution is -0.143. The Bertz CT molecular complexity index is 563. The Morgan fingerprint density at radius 3 is 2.45 bits per heavy atom. The van der Waals surface area contributed by atoms with Gasteiger partial charge in [-0.3, -0.25) is 14.4 Å². The maximum absolute atomic E-state index is 12.4. The van der Waals surface area contributed by atoms with Crippen LogP contribution >= 0.6 is 0 Å². The molecule has 1 N–H and O–H groups in total. The number of likely N-dealkylation sites (N-methyl/N-ethyl adjacent to an activating group) is 1. The zero-order valence-electron chi connectivity index (χ0n) is 12.3. The van der Waals surface area contributed by atoms with E-state index in [4.69, 9.17) is 4.74 Å². The number of pyridine rings is 1. The summed E-state index contributed by atoms with van der Waals surface area (Å²) in [6.45, 7) is 7.32. The van der Waals surface area contributed by atoms with Gasteiger partial charge in [0.25, 0.3) is 11.5 Å². The molecule has 1 amide bonds. The molecule has 0 spiro atoms. The molecule has 20 heavy (non-hydrogen) atoms. The number of aromatic amines is 1. The Hall–Kier alpha value is -2.11. The molecular formula is C14H20N2O4. The Balaban J connectivity index is 3.03. The van der Waals surface area contributed by atoms with Crippen molar-refractivity contribution < 1.29 is 14.3 Å². The first-order valence-electron chi connectivity index (χ1n) is 6.56. The third kappa shape index (κ3) is 3.69. The van der Waals surface area contributed by atoms with Crippen molar-refractivity contribution in [3.8, 4) is 0 Å². The molecule has 0 bridgehead atoms. The van der Waals surface area contributed by atoms with Crippen LogP contribution in [0.15, 0.2) is 10.9 Å². The molecule has 6 heteroatoms. The van der Waals surface area contributed by atoms with E-state index in [2.05, 4.69) is 4.98 Å². The number of esters is 1. The Kier molecular flexibility index (Phi) is 5.49. The highest BCUT2D eigenvalue weighted by atomic mass is 16.5. The summed E-state index contributed by atoms with van der Waals surface area (Å²) in [6, 6.07) is 1.73. The van der Waals surface area contributed by atoms with Gasteiger partial charge in [0.05, 0.1) is 6.61 Å². The predicted molar refractivity (Wildman–Crippen MR) is 74.7 cm³/mol. The maximum Gasteiger partial charge on any atom is 0.325 e. The van der Waals surface area contributed by atoms with E-state index < -0.39 is 17.4 Å². The quantitative estimate of drug-likeness (QED) is 0.817. The molecular weight excluding hydrogens is 260 g/mol. The Morgan fingerprint density at radius 2 is 1.95 bits per heavy atom. The van der Waals surface area contributed by atoms with Gasteiger partial charge in [-0.25, -0.2) is 0 Å². The minimum Gasteiger partial charge on any atom is -0.465 e. The molecule has 0 aliphatic carbocycles. The van der Waals surface area contributed by atoms with Crippen LogP contribution in [0.3, 0.4) is 0 Å². The topological polar surface area (TPSA) is 79.5 Å². The SMILES string of the molecule is CCOC(=O)CN(CC)C(=O)c1c(C)cc(C)[nH]c1=O. The van der Waals surface area contributed by atoms with Gasteiger partial charge in [0.15, 0.2) is 0 Å². The minimum absolute atomic E-state index is 0.0711. The number of aryl methyl sites for hydroxylation is 2. The minimum atomic E-state index is -0.483. The number of carbonyl (C=O) groups excluding carboxylic acids is 2. The number of hydrogen-bond acceptors (Lipinski definition) is 4. The first-order chi connectivity index (χ1) is 9.40. The lowest BCUT2D eigenvalue weighted by atomic mass is 10.1. The number of H-pyrrole nitrogens is 1. The van der Waals surface area contributed by atoms with Crippen molar-refractivity contribution in [2.45, 2.75) is 27.7 Å². The number of aromatic nitrogens is 1. The van der Waals surface area contributed by atoms with E-state index in [0.717, 1.165) is 0 Å². The van der Waals surface area contributed by atoms with E-state index in [1.165, 1.54) is 4.90 Å². The third-order valence-electron chi connectivity index (χ3n) is 2.87. The van der Waals surface area contributed by atoms with Crippen LogP contribution < -0.4 is 5.56 Å². The van der Waals surface area contributed by atoms with Crippen molar-refractivity contribution >= 4 is 11.9 Å². The first-order valence-corrected chi connectivity index (χ1v) is 6.56. The molecule has 0 unspecified atom stereocenters. The summed E-state index contributed by atoms with van der Waals surface area (Å²) in [5.74, 6) is -0.941. The highest BCUT2D eigenvalue weighted by molar-refractivity contribution is 5.96. The Labute approximate surface area is 117 Å². The number of nitrogens with one attached hydrogen (secondary N) is 1. The summed E-state index contributed by atoms with van der Waals surface area (Å²) in [7, 11) is 0. The monoisotopic (exact) mass is 280 g/mol. The summed E-state index contributed by atoms with van der Waals surface area (Å²) >= 11 is 0. The van der Waals surface area contributed by atoms with Gasteiger partial charge in [-0.1, -0.05) is 0 Å². The van der Waals surface area contributed by atoms with Crippen molar-refractivity contribution in [1.82, 2.24) is 9.88 Å². The maximum atomic E-state index is 12.4. The summed E-state index contributed by atoms with van der Waals surface area (Å²) in [5, 5.41) is 0. The van der Waals surface area contributed by atoms with Gasteiger partial charge in [-0.15, -0.1) is 0 Å². The molecule has 0 radical (unpaired) electrons. The van der Waals surface area contributed by atoms with Crippen molar-refractivity contribution in [3.05, 3.63) is 33.2 Å². The largest absolute Gasteiger partial charge is 0.465 e. The molecule has 0 aliphatic heterocycles. The van der Waals surface area contributed by atoms with Crippen molar-refractivity contribution in [1.29, 1.82) is 0 Å². The number of rotatable bonds is 5. The van der Waals surface area contributed by atoms with Crippen LogP contribution in [0.25, 0.3) is 0 Å². The van der Waals surface area contributed by atoms with Crippen LogP contribution in [-0.2, 0) is 9.53 Å². The lowest BCUT2D eigenvalue weighted by Gasteiger charge is -2.20. The second kappa shape index (κ2) is 6.88. The molecule has 0 saturated carbocycles. The van der Waals surface area contributed by atoms with E-state index in [9.17, 15) is 14.4 Å². The van der Waals surface area contributed by atoms with Crippen LogP contribution in [0.5, 0.6) is 0 Å². The second-order valence-electron chi connectivity index (χ2n) is 4.46. The van der Waals surface area contributed by atoms with E-state index in [-0.39, 0.29) is 18.7 Å². The molecule has 6 nitrogen and oxygen atoms in total. The van der Waals surface area contributed by atoms with E-state index >= 15 is 0 Å². The van der Waals surface area contributed by atoms with Crippen molar-refractivity contribution in [2.24, 2.45) is 0 Å². The summed E-state index contributed by atoms with van der Waals surface area (Å²) in [5.41, 5.74) is 0.924. The van der Waals surface area contributed by atoms with Gasteiger partial charge in [-0.05, 0) is 39.3 Å². The molecule has 0 aliphatic rings. The average Bonchev–Trinajstić information content (AvgIpc) is 2.34. The van der Waals surface area contributed by atoms with E-state index in [1.54, 1.807) is 33.8 Å². The van der Waals surface area contributed by atoms with Gasteiger partial charge in [0.1, 0.15) is 12.1 Å². The first kappa shape index (κ1) is 15.9. The van der Waals surface area contributed by atoms with Crippen LogP contribution in [0.4, 0.5) is 0 Å². The molecule has 0 saturated heterocycles. The molecule has 0 atom stereocenters. The normalized spacial score (nSPS) is 10.2. The van der Waals surface area contributed by atoms with Gasteiger partial charge in [0, 0.05) is 12.2 Å². The summed E-state index contributed by atoms with van der Waals surface area (Å²) in [4.78, 5) is 39.6. The third-order valence-corrected chi connectivity index (χ3v) is 2.87. The number of carbonyl (C=O) groups is 2. The fraction of sp³-hybridized carbons (Fsp3) is 0.500. The molecule has 1 rings (SSSR count). The molecule has 110 valence electrons. The highest BCUT2D eigenvalue weighted by Crippen LogP contribution is 2.07. The average molecular weight is 280 g/mol. The van der Waals surface area contributed by atoms with Gasteiger partial charge in [-0.2, -0.15) is 0 Å². The van der Waals surface area contributed by atoms with Crippen LogP contribution in [0.1, 0.15) is 35.5 Å². The van der Waals surface area contributed by atoms with Crippen LogP contribution in [0.2, 0.25) is 0 Å². The van der Waals surface area contributed by atoms with E-state index in [0.29, 0.717) is 17.8 Å². The smallest absolute Gasteiger partial charge is 0.325 e. The summed E-state index contributed by atoms with van der Waals surface area (Å²) in [6.07, 6.45) is 0. The molecule has 1 aromatic heterocycles. The molecule has 1 aromatic rings.